The van der Waals surface area contributed by atoms with E-state index in [4.69, 9.17) is 0 Å². The maximum absolute atomic E-state index is 2.33. The average Bonchev–Trinajstić information content (AvgIpc) is 1.83. The molecule has 1 radical (unpaired) electrons. The van der Waals surface area contributed by atoms with Crippen molar-refractivity contribution in [3.05, 3.63) is 0 Å². The van der Waals surface area contributed by atoms with Crippen molar-refractivity contribution < 1.29 is 18.6 Å². The summed E-state index contributed by atoms with van der Waals surface area (Å²) in [6.07, 6.45) is 5.53. The molecule has 0 aliphatic rings. The summed E-state index contributed by atoms with van der Waals surface area (Å²) in [5.41, 5.74) is 0. The van der Waals surface area contributed by atoms with Crippen molar-refractivity contribution in [1.82, 2.24) is 0 Å². The summed E-state index contributed by atoms with van der Waals surface area (Å²) in [5, 5.41) is 0. The van der Waals surface area contributed by atoms with Crippen LogP contribution in [0.15, 0.2) is 0 Å². The maximum Gasteiger partial charge on any atom is 0 e. The van der Waals surface area contributed by atoms with E-state index in [1.807, 2.05) is 0 Å². The summed E-state index contributed by atoms with van der Waals surface area (Å²) in [6, 6.07) is 0. The third kappa shape index (κ3) is 8.58. The Labute approximate surface area is 71.3 Å². The zero-order valence-corrected chi connectivity index (χ0v) is 8.25. The zero-order chi connectivity index (χ0) is 6.41. The molecule has 0 aromatic carbocycles. The number of rotatable bonds is 4. The fourth-order valence-electron chi connectivity index (χ4n) is 0.757. The van der Waals surface area contributed by atoms with Gasteiger partial charge in [0.15, 0.2) is 0 Å². The summed E-state index contributed by atoms with van der Waals surface area (Å²) >= 11 is 0. The quantitative estimate of drug-likeness (QED) is 0.600. The van der Waals surface area contributed by atoms with Crippen LogP contribution < -0.4 is 0 Å². The van der Waals surface area contributed by atoms with Crippen LogP contribution in [-0.2, 0) is 18.6 Å². The molecule has 1 atom stereocenters. The van der Waals surface area contributed by atoms with Crippen LogP contribution in [0.4, 0.5) is 0 Å². The minimum Gasteiger partial charge on any atom is -0.0654 e. The first-order valence-electron chi connectivity index (χ1n) is 3.81. The van der Waals surface area contributed by atoms with Gasteiger partial charge in [0.2, 0.25) is 0 Å². The number of hydrogen-bond donors (Lipinski definition) is 0. The molecule has 0 aliphatic heterocycles. The molecule has 0 nitrogen and oxygen atoms in total. The Balaban J connectivity index is 0. The monoisotopic (exact) mass is 165 g/mol. The smallest absolute Gasteiger partial charge is 0 e. The van der Waals surface area contributed by atoms with Crippen molar-refractivity contribution in [3.8, 4) is 0 Å². The second kappa shape index (κ2) is 8.58. The predicted octanol–water partition coefficient (Wildman–Crippen LogP) is 3.22. The molecule has 0 N–H and O–H groups in total. The summed E-state index contributed by atoms with van der Waals surface area (Å²) in [6.45, 7) is 6.85. The molecule has 0 heterocycles. The Bertz CT molecular complexity index is 43.8. The molecule has 0 aromatic rings. The van der Waals surface area contributed by atoms with Crippen LogP contribution in [0.5, 0.6) is 0 Å². The Morgan fingerprint density at radius 2 is 1.78 bits per heavy atom. The summed E-state index contributed by atoms with van der Waals surface area (Å²) < 4.78 is 0. The normalized spacial score (nSPS) is 12.3. The van der Waals surface area contributed by atoms with E-state index in [1.165, 1.54) is 25.7 Å². The largest absolute Gasteiger partial charge is 0.0654 e. The first kappa shape index (κ1) is 12.3. The molecule has 0 fully saturated rings. The van der Waals surface area contributed by atoms with E-state index in [2.05, 4.69) is 20.8 Å². The molecular weight excluding hydrogens is 147 g/mol. The van der Waals surface area contributed by atoms with Crippen LogP contribution in [0, 0.1) is 5.92 Å². The molecule has 0 saturated heterocycles. The molecule has 0 bridgehead atoms. The fraction of sp³-hybridized carbons (Fsp3) is 1.00. The van der Waals surface area contributed by atoms with Gasteiger partial charge in [-0.3, -0.25) is 0 Å². The van der Waals surface area contributed by atoms with Gasteiger partial charge < -0.3 is 0 Å². The van der Waals surface area contributed by atoms with Gasteiger partial charge in [0.25, 0.3) is 0 Å². The molecule has 0 amide bonds. The Hall–Kier alpha value is 0.584. The number of hydrogen-bond acceptors (Lipinski definition) is 0. The SMILES string of the molecule is CCCCC(C)CC.[V]. The first-order valence-corrected chi connectivity index (χ1v) is 3.81. The van der Waals surface area contributed by atoms with Crippen molar-refractivity contribution in [2.45, 2.75) is 46.5 Å². The van der Waals surface area contributed by atoms with E-state index in [-0.39, 0.29) is 18.6 Å². The van der Waals surface area contributed by atoms with E-state index < -0.39 is 0 Å². The van der Waals surface area contributed by atoms with Crippen LogP contribution in [-0.4, -0.2) is 0 Å². The first-order chi connectivity index (χ1) is 3.81. The number of unbranched alkanes of at least 4 members (excludes halogenated alkanes) is 1. The van der Waals surface area contributed by atoms with Crippen LogP contribution in [0.25, 0.3) is 0 Å². The second-order valence-corrected chi connectivity index (χ2v) is 2.66. The zero-order valence-electron chi connectivity index (χ0n) is 6.85. The average molecular weight is 165 g/mol. The van der Waals surface area contributed by atoms with Crippen molar-refractivity contribution in [2.24, 2.45) is 5.92 Å². The summed E-state index contributed by atoms with van der Waals surface area (Å²) in [7, 11) is 0. The van der Waals surface area contributed by atoms with E-state index in [1.54, 1.807) is 0 Å². The minimum atomic E-state index is 0. The van der Waals surface area contributed by atoms with Crippen LogP contribution in [0.2, 0.25) is 0 Å². The van der Waals surface area contributed by atoms with E-state index in [0.29, 0.717) is 0 Å². The van der Waals surface area contributed by atoms with Crippen molar-refractivity contribution in [3.63, 3.8) is 0 Å². The molecular formula is C8H18V. The van der Waals surface area contributed by atoms with Gasteiger partial charge in [0.1, 0.15) is 0 Å². The van der Waals surface area contributed by atoms with Gasteiger partial charge in [-0.05, 0) is 5.92 Å². The van der Waals surface area contributed by atoms with Crippen molar-refractivity contribution >= 4 is 0 Å². The summed E-state index contributed by atoms with van der Waals surface area (Å²) in [4.78, 5) is 0. The van der Waals surface area contributed by atoms with Crippen LogP contribution >= 0.6 is 0 Å². The van der Waals surface area contributed by atoms with E-state index in [0.717, 1.165) is 5.92 Å². The molecule has 0 aromatic heterocycles. The van der Waals surface area contributed by atoms with Gasteiger partial charge in [-0.2, -0.15) is 0 Å². The molecule has 9 heavy (non-hydrogen) atoms. The Morgan fingerprint density at radius 3 is 2.11 bits per heavy atom. The molecule has 0 spiro atoms. The topological polar surface area (TPSA) is 0 Å². The molecule has 0 aliphatic carbocycles. The molecule has 1 unspecified atom stereocenters. The Morgan fingerprint density at radius 1 is 1.22 bits per heavy atom. The fourth-order valence-corrected chi connectivity index (χ4v) is 0.757. The molecule has 1 heteroatoms. The standard InChI is InChI=1S/C8H18.V/c1-4-6-7-8(3)5-2;/h8H,4-7H2,1-3H3;. The minimum absolute atomic E-state index is 0. The Kier molecular flexibility index (Phi) is 11.7. The third-order valence-electron chi connectivity index (χ3n) is 1.75. The van der Waals surface area contributed by atoms with Crippen molar-refractivity contribution in [1.29, 1.82) is 0 Å². The second-order valence-electron chi connectivity index (χ2n) is 2.66. The van der Waals surface area contributed by atoms with Crippen molar-refractivity contribution in [2.75, 3.05) is 0 Å². The van der Waals surface area contributed by atoms with Gasteiger partial charge in [0, 0.05) is 18.6 Å². The van der Waals surface area contributed by atoms with Gasteiger partial charge >= 0.3 is 0 Å². The van der Waals surface area contributed by atoms with Crippen LogP contribution in [0.1, 0.15) is 46.5 Å². The van der Waals surface area contributed by atoms with E-state index >= 15 is 0 Å². The predicted molar refractivity (Wildman–Crippen MR) is 39.0 cm³/mol. The summed E-state index contributed by atoms with van der Waals surface area (Å²) in [5.74, 6) is 0.954. The molecule has 55 valence electrons. The van der Waals surface area contributed by atoms with Gasteiger partial charge in [-0.1, -0.05) is 46.5 Å². The third-order valence-corrected chi connectivity index (χ3v) is 1.75. The van der Waals surface area contributed by atoms with Crippen LogP contribution in [0.3, 0.4) is 0 Å². The maximum atomic E-state index is 2.33. The van der Waals surface area contributed by atoms with Gasteiger partial charge in [-0.25, -0.2) is 0 Å². The van der Waals surface area contributed by atoms with Gasteiger partial charge in [0.05, 0.1) is 0 Å². The molecule has 0 rings (SSSR count). The van der Waals surface area contributed by atoms with Gasteiger partial charge in [-0.15, -0.1) is 0 Å². The molecule has 0 saturated carbocycles. The van der Waals surface area contributed by atoms with E-state index in [9.17, 15) is 0 Å².